The Kier molecular flexibility index (Phi) is 4.54. The van der Waals surface area contributed by atoms with Crippen LogP contribution in [0.2, 0.25) is 0 Å². The second kappa shape index (κ2) is 6.36. The Bertz CT molecular complexity index is 439. The molecule has 0 aliphatic carbocycles. The Hall–Kier alpha value is -1.85. The minimum absolute atomic E-state index is 0.128. The first-order valence-corrected chi connectivity index (χ1v) is 6.80. The number of carbonyl (C=O) groups is 1. The fraction of sp³-hybridized carbons (Fsp3) is 0.615. The van der Waals surface area contributed by atoms with Crippen LogP contribution in [0.5, 0.6) is 0 Å². The number of anilines is 2. The van der Waals surface area contributed by atoms with Gasteiger partial charge in [0.15, 0.2) is 0 Å². The van der Waals surface area contributed by atoms with Crippen LogP contribution >= 0.6 is 0 Å². The quantitative estimate of drug-likeness (QED) is 0.743. The van der Waals surface area contributed by atoms with E-state index < -0.39 is 0 Å². The van der Waals surface area contributed by atoms with Gasteiger partial charge < -0.3 is 16.0 Å². The number of rotatable bonds is 5. The number of aryl methyl sites for hydroxylation is 1. The summed E-state index contributed by atoms with van der Waals surface area (Å²) in [7, 11) is 1.85. The van der Waals surface area contributed by atoms with E-state index in [2.05, 4.69) is 32.8 Å². The van der Waals surface area contributed by atoms with Crippen molar-refractivity contribution in [1.82, 2.24) is 15.3 Å². The Morgan fingerprint density at radius 1 is 1.42 bits per heavy atom. The number of hydrogen-bond acceptors (Lipinski definition) is 5. The number of amides is 1. The molecule has 0 spiro atoms. The number of carbonyl (C=O) groups excluding carboxylic acids is 1. The first-order valence-electron chi connectivity index (χ1n) is 6.80. The third kappa shape index (κ3) is 3.81. The largest absolute Gasteiger partial charge is 0.373 e. The van der Waals surface area contributed by atoms with Crippen molar-refractivity contribution in [3.63, 3.8) is 0 Å². The summed E-state index contributed by atoms with van der Waals surface area (Å²) in [6.45, 7) is 2.76. The molecule has 3 N–H and O–H groups in total. The highest BCUT2D eigenvalue weighted by Gasteiger charge is 2.18. The highest BCUT2D eigenvalue weighted by atomic mass is 16.1. The number of aromatic nitrogens is 2. The molecule has 1 saturated heterocycles. The first-order chi connectivity index (χ1) is 9.21. The number of nitrogens with one attached hydrogen (secondary N) is 3. The molecule has 2 heterocycles. The monoisotopic (exact) mass is 263 g/mol. The van der Waals surface area contributed by atoms with Gasteiger partial charge in [0, 0.05) is 38.5 Å². The van der Waals surface area contributed by atoms with Gasteiger partial charge in [0.25, 0.3) is 0 Å². The van der Waals surface area contributed by atoms with Crippen molar-refractivity contribution in [1.29, 1.82) is 0 Å². The van der Waals surface area contributed by atoms with E-state index in [0.717, 1.165) is 36.7 Å². The van der Waals surface area contributed by atoms with Gasteiger partial charge >= 0.3 is 0 Å². The van der Waals surface area contributed by atoms with Crippen LogP contribution in [-0.2, 0) is 11.2 Å². The zero-order valence-electron chi connectivity index (χ0n) is 11.5. The van der Waals surface area contributed by atoms with E-state index in [0.29, 0.717) is 13.0 Å². The highest BCUT2D eigenvalue weighted by molar-refractivity contribution is 5.77. The maximum absolute atomic E-state index is 11.1. The maximum atomic E-state index is 11.1. The van der Waals surface area contributed by atoms with Crippen molar-refractivity contribution < 1.29 is 4.79 Å². The number of hydrogen-bond donors (Lipinski definition) is 3. The number of nitrogens with zero attached hydrogens (tertiary/aromatic N) is 2. The summed E-state index contributed by atoms with van der Waals surface area (Å²) in [4.78, 5) is 20.1. The molecular formula is C13H21N5O. The summed E-state index contributed by atoms with van der Waals surface area (Å²) in [5.41, 5.74) is 0. The SMILES string of the molecule is CCCc1nc(NC)cc(NC2CCC(=O)NC2)n1. The van der Waals surface area contributed by atoms with Crippen molar-refractivity contribution in [2.24, 2.45) is 0 Å². The average molecular weight is 263 g/mol. The summed E-state index contributed by atoms with van der Waals surface area (Å²) in [6.07, 6.45) is 3.30. The molecule has 0 aromatic carbocycles. The molecule has 1 aromatic heterocycles. The van der Waals surface area contributed by atoms with Crippen LogP contribution in [0.15, 0.2) is 6.07 Å². The predicted octanol–water partition coefficient (Wildman–Crippen LogP) is 1.16. The van der Waals surface area contributed by atoms with Gasteiger partial charge in [-0.25, -0.2) is 9.97 Å². The summed E-state index contributed by atoms with van der Waals surface area (Å²) in [5.74, 6) is 2.62. The molecule has 0 radical (unpaired) electrons. The van der Waals surface area contributed by atoms with Crippen LogP contribution in [0.25, 0.3) is 0 Å². The van der Waals surface area contributed by atoms with Crippen LogP contribution in [0, 0.1) is 0 Å². The van der Waals surface area contributed by atoms with E-state index in [1.54, 1.807) is 0 Å². The molecular weight excluding hydrogens is 242 g/mol. The van der Waals surface area contributed by atoms with E-state index in [4.69, 9.17) is 0 Å². The summed E-state index contributed by atoms with van der Waals surface area (Å²) in [5, 5.41) is 9.28. The van der Waals surface area contributed by atoms with E-state index in [-0.39, 0.29) is 11.9 Å². The first kappa shape index (κ1) is 13.6. The van der Waals surface area contributed by atoms with Gasteiger partial charge in [0.2, 0.25) is 5.91 Å². The Morgan fingerprint density at radius 3 is 2.84 bits per heavy atom. The van der Waals surface area contributed by atoms with Crippen molar-refractivity contribution >= 4 is 17.5 Å². The Morgan fingerprint density at radius 2 is 2.21 bits per heavy atom. The lowest BCUT2D eigenvalue weighted by Gasteiger charge is -2.24. The lowest BCUT2D eigenvalue weighted by Crippen LogP contribution is -2.42. The van der Waals surface area contributed by atoms with Crippen molar-refractivity contribution in [3.05, 3.63) is 11.9 Å². The average Bonchev–Trinajstić information content (AvgIpc) is 2.41. The smallest absolute Gasteiger partial charge is 0.220 e. The van der Waals surface area contributed by atoms with Crippen LogP contribution < -0.4 is 16.0 Å². The molecule has 1 aliphatic heterocycles. The maximum Gasteiger partial charge on any atom is 0.220 e. The van der Waals surface area contributed by atoms with Crippen LogP contribution in [0.1, 0.15) is 32.0 Å². The molecule has 1 unspecified atom stereocenters. The second-order valence-electron chi connectivity index (χ2n) is 4.74. The van der Waals surface area contributed by atoms with Gasteiger partial charge in [-0.1, -0.05) is 6.92 Å². The summed E-state index contributed by atoms with van der Waals surface area (Å²) < 4.78 is 0. The fourth-order valence-electron chi connectivity index (χ4n) is 2.10. The molecule has 1 amide bonds. The molecule has 6 heteroatoms. The molecule has 1 aromatic rings. The van der Waals surface area contributed by atoms with Crippen molar-refractivity contribution in [3.8, 4) is 0 Å². The van der Waals surface area contributed by atoms with Gasteiger partial charge in [-0.2, -0.15) is 0 Å². The lowest BCUT2D eigenvalue weighted by molar-refractivity contribution is -0.122. The predicted molar refractivity (Wildman–Crippen MR) is 75.2 cm³/mol. The van der Waals surface area contributed by atoms with Gasteiger partial charge in [-0.3, -0.25) is 4.79 Å². The van der Waals surface area contributed by atoms with E-state index in [9.17, 15) is 4.79 Å². The lowest BCUT2D eigenvalue weighted by atomic mass is 10.1. The van der Waals surface area contributed by atoms with Crippen molar-refractivity contribution in [2.45, 2.75) is 38.6 Å². The molecule has 0 bridgehead atoms. The van der Waals surface area contributed by atoms with Gasteiger partial charge in [0.1, 0.15) is 17.5 Å². The molecule has 19 heavy (non-hydrogen) atoms. The molecule has 1 aliphatic rings. The van der Waals surface area contributed by atoms with Crippen molar-refractivity contribution in [2.75, 3.05) is 24.2 Å². The normalized spacial score (nSPS) is 18.8. The van der Waals surface area contributed by atoms with Crippen LogP contribution in [0.4, 0.5) is 11.6 Å². The van der Waals surface area contributed by atoms with Crippen LogP contribution in [0.3, 0.4) is 0 Å². The molecule has 1 fully saturated rings. The fourth-order valence-corrected chi connectivity index (χ4v) is 2.10. The van der Waals surface area contributed by atoms with E-state index >= 15 is 0 Å². The highest BCUT2D eigenvalue weighted by Crippen LogP contribution is 2.15. The Labute approximate surface area is 113 Å². The van der Waals surface area contributed by atoms with Crippen LogP contribution in [-0.4, -0.2) is 35.5 Å². The second-order valence-corrected chi connectivity index (χ2v) is 4.74. The standard InChI is InChI=1S/C13H21N5O/c1-3-4-10-17-11(14-2)7-12(18-10)16-9-5-6-13(19)15-8-9/h7,9H,3-6,8H2,1-2H3,(H,15,19)(H2,14,16,17,18). The van der Waals surface area contributed by atoms with Gasteiger partial charge in [-0.05, 0) is 12.8 Å². The van der Waals surface area contributed by atoms with Gasteiger partial charge in [0.05, 0.1) is 0 Å². The molecule has 104 valence electrons. The zero-order valence-corrected chi connectivity index (χ0v) is 11.5. The topological polar surface area (TPSA) is 78.9 Å². The minimum atomic E-state index is 0.128. The Balaban J connectivity index is 2.06. The summed E-state index contributed by atoms with van der Waals surface area (Å²) in [6, 6.07) is 2.14. The minimum Gasteiger partial charge on any atom is -0.373 e. The molecule has 1 atom stereocenters. The van der Waals surface area contributed by atoms with E-state index in [1.165, 1.54) is 0 Å². The van der Waals surface area contributed by atoms with Gasteiger partial charge in [-0.15, -0.1) is 0 Å². The third-order valence-electron chi connectivity index (χ3n) is 3.12. The molecule has 0 saturated carbocycles. The zero-order chi connectivity index (χ0) is 13.7. The van der Waals surface area contributed by atoms with E-state index in [1.807, 2.05) is 13.1 Å². The third-order valence-corrected chi connectivity index (χ3v) is 3.12. The number of piperidine rings is 1. The molecule has 2 rings (SSSR count). The summed E-state index contributed by atoms with van der Waals surface area (Å²) >= 11 is 0. The molecule has 6 nitrogen and oxygen atoms in total.